The molecule has 0 atom stereocenters. The molecule has 0 aliphatic rings. The smallest absolute Gasteiger partial charge is 0.356 e. The Morgan fingerprint density at radius 3 is 2.36 bits per heavy atom. The Labute approximate surface area is 189 Å². The number of methoxy groups -OCH3 is 1. The van der Waals surface area contributed by atoms with Gasteiger partial charge in [0.05, 0.1) is 17.4 Å². The van der Waals surface area contributed by atoms with Crippen molar-refractivity contribution in [2.24, 2.45) is 0 Å². The van der Waals surface area contributed by atoms with Gasteiger partial charge in [0.15, 0.2) is 11.2 Å². The van der Waals surface area contributed by atoms with Gasteiger partial charge in [0.25, 0.3) is 5.69 Å². The molecule has 0 radical (unpaired) electrons. The minimum Gasteiger partial charge on any atom is -0.488 e. The summed E-state index contributed by atoms with van der Waals surface area (Å²) >= 11 is 0. The second-order valence-electron chi connectivity index (χ2n) is 7.00. The maximum absolute atomic E-state index is 12.2. The number of esters is 1. The molecule has 0 bridgehead atoms. The van der Waals surface area contributed by atoms with Gasteiger partial charge in [0, 0.05) is 23.3 Å². The lowest BCUT2D eigenvalue weighted by atomic mass is 10.0. The van der Waals surface area contributed by atoms with E-state index in [9.17, 15) is 14.9 Å². The first-order valence-corrected chi connectivity index (χ1v) is 10.0. The number of nitro benzene ring substituents is 1. The number of nitrogens with zero attached hydrogens (tertiary/aromatic N) is 2. The van der Waals surface area contributed by atoms with E-state index in [0.29, 0.717) is 10.9 Å². The third-order valence-electron chi connectivity index (χ3n) is 4.85. The lowest BCUT2D eigenvalue weighted by Gasteiger charge is -2.12. The summed E-state index contributed by atoms with van der Waals surface area (Å²) in [6, 6.07) is 23.1. The first-order chi connectivity index (χ1) is 16.1. The number of aromatic nitrogens is 1. The van der Waals surface area contributed by atoms with Gasteiger partial charge in [-0.2, -0.15) is 0 Å². The van der Waals surface area contributed by atoms with Gasteiger partial charge in [-0.1, -0.05) is 60.4 Å². The Morgan fingerprint density at radius 2 is 1.70 bits per heavy atom. The lowest BCUT2D eigenvalue weighted by molar-refractivity contribution is -0.383. The van der Waals surface area contributed by atoms with Crippen LogP contribution in [0.3, 0.4) is 0 Å². The van der Waals surface area contributed by atoms with Crippen molar-refractivity contribution in [1.82, 2.24) is 4.98 Å². The summed E-state index contributed by atoms with van der Waals surface area (Å²) in [7, 11) is 1.22. The predicted octanol–water partition coefficient (Wildman–Crippen LogP) is 4.91. The Kier molecular flexibility index (Phi) is 6.28. The number of hydrogen-bond donors (Lipinski definition) is 0. The number of ether oxygens (including phenoxy) is 2. The molecule has 4 rings (SSSR count). The van der Waals surface area contributed by atoms with Crippen molar-refractivity contribution in [3.8, 4) is 17.6 Å². The number of carbonyl (C=O) groups is 1. The van der Waals surface area contributed by atoms with Crippen molar-refractivity contribution >= 4 is 22.6 Å². The Bertz CT molecular complexity index is 1390. The number of fused-ring (bicyclic) bond motifs is 1. The van der Waals surface area contributed by atoms with Gasteiger partial charge in [-0.3, -0.25) is 10.1 Å². The summed E-state index contributed by atoms with van der Waals surface area (Å²) in [4.78, 5) is 27.6. The molecule has 0 unspecified atom stereocenters. The van der Waals surface area contributed by atoms with Crippen LogP contribution in [0.2, 0.25) is 0 Å². The van der Waals surface area contributed by atoms with Crippen LogP contribution in [0.15, 0.2) is 78.9 Å². The van der Waals surface area contributed by atoms with Crippen molar-refractivity contribution < 1.29 is 19.2 Å². The third kappa shape index (κ3) is 4.81. The van der Waals surface area contributed by atoms with E-state index < -0.39 is 10.9 Å². The van der Waals surface area contributed by atoms with E-state index in [0.717, 1.165) is 11.1 Å². The SMILES string of the molecule is COC(=O)c1cc(OCc2ccccc2)c2c(C#Cc3ccccc3)ccc([N+](=O)[O-])c2n1. The standard InChI is InChI=1S/C26H18N2O5/c1-32-26(29)21-16-23(33-17-19-10-6-3-7-11-19)24-20(13-12-18-8-4-2-5-9-18)14-15-22(28(30)31)25(24)27-21/h2-11,14-16H,17H2,1H3. The summed E-state index contributed by atoms with van der Waals surface area (Å²) in [5, 5.41) is 12.1. The van der Waals surface area contributed by atoms with E-state index in [1.54, 1.807) is 6.07 Å². The second kappa shape index (κ2) is 9.62. The van der Waals surface area contributed by atoms with E-state index in [4.69, 9.17) is 9.47 Å². The van der Waals surface area contributed by atoms with E-state index in [1.807, 2.05) is 60.7 Å². The fourth-order valence-electron chi connectivity index (χ4n) is 3.26. The van der Waals surface area contributed by atoms with Crippen molar-refractivity contribution in [3.63, 3.8) is 0 Å². The quantitative estimate of drug-likeness (QED) is 0.190. The normalized spacial score (nSPS) is 10.2. The molecule has 1 aromatic heterocycles. The lowest BCUT2D eigenvalue weighted by Crippen LogP contribution is -2.07. The average Bonchev–Trinajstić information content (AvgIpc) is 2.86. The maximum Gasteiger partial charge on any atom is 0.356 e. The van der Waals surface area contributed by atoms with Crippen molar-refractivity contribution in [2.45, 2.75) is 6.61 Å². The monoisotopic (exact) mass is 438 g/mol. The van der Waals surface area contributed by atoms with Crippen LogP contribution in [0.4, 0.5) is 5.69 Å². The molecule has 0 aliphatic heterocycles. The number of pyridine rings is 1. The molecule has 0 saturated carbocycles. The highest BCUT2D eigenvalue weighted by molar-refractivity contribution is 6.00. The van der Waals surface area contributed by atoms with Crippen LogP contribution in [-0.4, -0.2) is 23.0 Å². The molecule has 7 heteroatoms. The Morgan fingerprint density at radius 1 is 1.00 bits per heavy atom. The summed E-state index contributed by atoms with van der Waals surface area (Å²) in [6.07, 6.45) is 0. The van der Waals surface area contributed by atoms with Crippen LogP contribution in [0.25, 0.3) is 10.9 Å². The fourth-order valence-corrected chi connectivity index (χ4v) is 3.26. The van der Waals surface area contributed by atoms with Crippen LogP contribution < -0.4 is 4.74 Å². The highest BCUT2D eigenvalue weighted by Gasteiger charge is 2.23. The van der Waals surface area contributed by atoms with Gasteiger partial charge in [-0.15, -0.1) is 0 Å². The fraction of sp³-hybridized carbons (Fsp3) is 0.0769. The molecule has 0 N–H and O–H groups in total. The molecule has 0 saturated heterocycles. The maximum atomic E-state index is 12.2. The van der Waals surface area contributed by atoms with Crippen molar-refractivity contribution in [1.29, 1.82) is 0 Å². The molecular weight excluding hydrogens is 420 g/mol. The molecule has 33 heavy (non-hydrogen) atoms. The number of nitro groups is 1. The van der Waals surface area contributed by atoms with Gasteiger partial charge in [-0.05, 0) is 23.8 Å². The molecule has 3 aromatic carbocycles. The molecule has 1 heterocycles. The van der Waals surface area contributed by atoms with Crippen LogP contribution in [-0.2, 0) is 11.3 Å². The molecule has 162 valence electrons. The van der Waals surface area contributed by atoms with Crippen LogP contribution in [0.1, 0.15) is 27.2 Å². The van der Waals surface area contributed by atoms with Gasteiger partial charge in [-0.25, -0.2) is 9.78 Å². The van der Waals surface area contributed by atoms with Gasteiger partial charge >= 0.3 is 5.97 Å². The molecule has 0 amide bonds. The van der Waals surface area contributed by atoms with E-state index in [1.165, 1.54) is 19.2 Å². The summed E-state index contributed by atoms with van der Waals surface area (Å²) in [6.45, 7) is 0.189. The zero-order chi connectivity index (χ0) is 23.2. The summed E-state index contributed by atoms with van der Waals surface area (Å²) in [5.41, 5.74) is 1.83. The van der Waals surface area contributed by atoms with Crippen LogP contribution >= 0.6 is 0 Å². The average molecular weight is 438 g/mol. The number of non-ortho nitro benzene ring substituents is 1. The number of benzene rings is 3. The first-order valence-electron chi connectivity index (χ1n) is 10.0. The second-order valence-corrected chi connectivity index (χ2v) is 7.00. The van der Waals surface area contributed by atoms with Crippen molar-refractivity contribution in [2.75, 3.05) is 7.11 Å². The molecular formula is C26H18N2O5. The zero-order valence-electron chi connectivity index (χ0n) is 17.6. The van der Waals surface area contributed by atoms with E-state index >= 15 is 0 Å². The predicted molar refractivity (Wildman–Crippen MR) is 123 cm³/mol. The highest BCUT2D eigenvalue weighted by atomic mass is 16.6. The number of hydrogen-bond acceptors (Lipinski definition) is 6. The zero-order valence-corrected chi connectivity index (χ0v) is 17.6. The minimum atomic E-state index is -0.725. The summed E-state index contributed by atoms with van der Waals surface area (Å²) < 4.78 is 10.8. The first kappa shape index (κ1) is 21.5. The largest absolute Gasteiger partial charge is 0.488 e. The van der Waals surface area contributed by atoms with Crippen molar-refractivity contribution in [3.05, 3.63) is 111 Å². The van der Waals surface area contributed by atoms with E-state index in [-0.39, 0.29) is 29.3 Å². The Hall–Kier alpha value is -4.70. The van der Waals surface area contributed by atoms with Crippen LogP contribution in [0, 0.1) is 22.0 Å². The molecule has 4 aromatic rings. The van der Waals surface area contributed by atoms with Gasteiger partial charge in [0.1, 0.15) is 12.4 Å². The Balaban J connectivity index is 1.92. The highest BCUT2D eigenvalue weighted by Crippen LogP contribution is 2.35. The summed E-state index contributed by atoms with van der Waals surface area (Å²) in [5.74, 6) is 5.65. The molecule has 7 nitrogen and oxygen atoms in total. The minimum absolute atomic E-state index is 0.00539. The molecule has 0 fully saturated rings. The third-order valence-corrected chi connectivity index (χ3v) is 4.85. The van der Waals surface area contributed by atoms with Crippen LogP contribution in [0.5, 0.6) is 5.75 Å². The topological polar surface area (TPSA) is 91.6 Å². The van der Waals surface area contributed by atoms with Gasteiger partial charge in [0.2, 0.25) is 0 Å². The van der Waals surface area contributed by atoms with E-state index in [2.05, 4.69) is 16.8 Å². The van der Waals surface area contributed by atoms with Gasteiger partial charge < -0.3 is 9.47 Å². The molecule has 0 spiro atoms. The number of rotatable bonds is 5. The number of carbonyl (C=O) groups excluding carboxylic acids is 1. The molecule has 0 aliphatic carbocycles.